The van der Waals surface area contributed by atoms with E-state index in [4.69, 9.17) is 4.74 Å². The molecule has 0 spiro atoms. The van der Waals surface area contributed by atoms with Crippen molar-refractivity contribution in [1.82, 2.24) is 5.32 Å². The molecular weight excluding hydrogens is 228 g/mol. The number of hydrogen-bond donors (Lipinski definition) is 2. The van der Waals surface area contributed by atoms with Crippen LogP contribution in [0.5, 0.6) is 5.75 Å². The molecule has 2 aliphatic rings. The van der Waals surface area contributed by atoms with Crippen LogP contribution >= 0.6 is 0 Å². The van der Waals surface area contributed by atoms with E-state index in [1.165, 1.54) is 0 Å². The Labute approximate surface area is 106 Å². The molecule has 0 radical (unpaired) electrons. The zero-order valence-corrected chi connectivity index (χ0v) is 10.1. The number of nitriles is 1. The van der Waals surface area contributed by atoms with E-state index in [1.807, 2.05) is 24.3 Å². The molecule has 0 aromatic heterocycles. The van der Waals surface area contributed by atoms with Crippen LogP contribution in [-0.2, 0) is 6.42 Å². The smallest absolute Gasteiger partial charge is 0.125 e. The molecule has 1 aromatic rings. The third kappa shape index (κ3) is 1.52. The summed E-state index contributed by atoms with van der Waals surface area (Å²) in [6, 6.07) is 10.1. The summed E-state index contributed by atoms with van der Waals surface area (Å²) >= 11 is 0. The Bertz CT molecular complexity index is 503. The van der Waals surface area contributed by atoms with Crippen molar-refractivity contribution in [2.24, 2.45) is 5.41 Å². The zero-order valence-electron chi connectivity index (χ0n) is 10.1. The number of para-hydroxylation sites is 1. The molecule has 2 atom stereocenters. The molecule has 4 heteroatoms. The summed E-state index contributed by atoms with van der Waals surface area (Å²) < 4.78 is 5.70. The quantitative estimate of drug-likeness (QED) is 0.769. The van der Waals surface area contributed by atoms with Crippen molar-refractivity contribution < 1.29 is 9.84 Å². The SMILES string of the molecule is N#CC1(C2(O)CCNC2)COc2ccccc2C1. The number of hydrogen-bond acceptors (Lipinski definition) is 4. The van der Waals surface area contributed by atoms with Gasteiger partial charge in [-0.15, -0.1) is 0 Å². The van der Waals surface area contributed by atoms with E-state index >= 15 is 0 Å². The Balaban J connectivity index is 1.99. The maximum absolute atomic E-state index is 10.7. The second-order valence-corrected chi connectivity index (χ2v) is 5.23. The van der Waals surface area contributed by atoms with Crippen molar-refractivity contribution in [2.75, 3.05) is 19.7 Å². The van der Waals surface area contributed by atoms with E-state index in [1.54, 1.807) is 0 Å². The first-order valence-electron chi connectivity index (χ1n) is 6.24. The minimum absolute atomic E-state index is 0.263. The average molecular weight is 244 g/mol. The van der Waals surface area contributed by atoms with Crippen molar-refractivity contribution >= 4 is 0 Å². The van der Waals surface area contributed by atoms with Crippen molar-refractivity contribution in [3.05, 3.63) is 29.8 Å². The van der Waals surface area contributed by atoms with E-state index in [2.05, 4.69) is 11.4 Å². The van der Waals surface area contributed by atoms with E-state index in [9.17, 15) is 10.4 Å². The van der Waals surface area contributed by atoms with Crippen molar-refractivity contribution in [3.8, 4) is 11.8 Å². The van der Waals surface area contributed by atoms with E-state index in [0.717, 1.165) is 17.9 Å². The lowest BCUT2D eigenvalue weighted by atomic mass is 9.68. The number of ether oxygens (including phenoxy) is 1. The zero-order chi connectivity index (χ0) is 12.6. The van der Waals surface area contributed by atoms with Gasteiger partial charge in [0.25, 0.3) is 0 Å². The van der Waals surface area contributed by atoms with Gasteiger partial charge in [0, 0.05) is 13.0 Å². The third-order valence-corrected chi connectivity index (χ3v) is 4.18. The van der Waals surface area contributed by atoms with Crippen LogP contribution in [0.15, 0.2) is 24.3 Å². The predicted molar refractivity (Wildman–Crippen MR) is 66.1 cm³/mol. The highest BCUT2D eigenvalue weighted by atomic mass is 16.5. The first kappa shape index (κ1) is 11.5. The number of nitrogens with one attached hydrogen (secondary N) is 1. The van der Waals surface area contributed by atoms with Gasteiger partial charge >= 0.3 is 0 Å². The van der Waals surface area contributed by atoms with Gasteiger partial charge in [0.1, 0.15) is 23.4 Å². The van der Waals surface area contributed by atoms with Gasteiger partial charge in [0.05, 0.1) is 6.07 Å². The summed E-state index contributed by atoms with van der Waals surface area (Å²) in [5.41, 5.74) is -0.828. The van der Waals surface area contributed by atoms with Crippen molar-refractivity contribution in [2.45, 2.75) is 18.4 Å². The number of nitrogens with zero attached hydrogens (tertiary/aromatic N) is 1. The molecule has 2 heterocycles. The highest BCUT2D eigenvalue weighted by molar-refractivity contribution is 5.39. The van der Waals surface area contributed by atoms with Crippen molar-refractivity contribution in [1.29, 1.82) is 5.26 Å². The van der Waals surface area contributed by atoms with Crippen LogP contribution in [0.25, 0.3) is 0 Å². The summed E-state index contributed by atoms with van der Waals surface area (Å²) in [5, 5.41) is 23.4. The molecule has 18 heavy (non-hydrogen) atoms. The fourth-order valence-electron chi connectivity index (χ4n) is 2.93. The van der Waals surface area contributed by atoms with E-state index < -0.39 is 11.0 Å². The molecule has 0 saturated carbocycles. The number of benzene rings is 1. The molecular formula is C14H16N2O2. The van der Waals surface area contributed by atoms with Crippen LogP contribution in [0, 0.1) is 16.7 Å². The lowest BCUT2D eigenvalue weighted by Gasteiger charge is -2.42. The summed E-state index contributed by atoms with van der Waals surface area (Å²) in [6.45, 7) is 1.48. The van der Waals surface area contributed by atoms with Gasteiger partial charge < -0.3 is 15.2 Å². The summed E-state index contributed by atoms with van der Waals surface area (Å²) in [6.07, 6.45) is 1.16. The van der Waals surface area contributed by atoms with Gasteiger partial charge in [-0.3, -0.25) is 0 Å². The van der Waals surface area contributed by atoms with Crippen LogP contribution in [0.2, 0.25) is 0 Å². The molecule has 1 saturated heterocycles. The molecule has 4 nitrogen and oxygen atoms in total. The van der Waals surface area contributed by atoms with Gasteiger partial charge in [-0.25, -0.2) is 0 Å². The molecule has 0 bridgehead atoms. The van der Waals surface area contributed by atoms with Gasteiger partial charge in [0.15, 0.2) is 0 Å². The van der Waals surface area contributed by atoms with Gasteiger partial charge in [-0.05, 0) is 24.6 Å². The maximum Gasteiger partial charge on any atom is 0.125 e. The van der Waals surface area contributed by atoms with Crippen LogP contribution in [0.1, 0.15) is 12.0 Å². The predicted octanol–water partition coefficient (Wildman–Crippen LogP) is 0.856. The minimum Gasteiger partial charge on any atom is -0.492 e. The first-order chi connectivity index (χ1) is 8.69. The molecule has 2 N–H and O–H groups in total. The van der Waals surface area contributed by atoms with Crippen LogP contribution < -0.4 is 10.1 Å². The third-order valence-electron chi connectivity index (χ3n) is 4.18. The largest absolute Gasteiger partial charge is 0.492 e. The highest BCUT2D eigenvalue weighted by Gasteiger charge is 2.54. The van der Waals surface area contributed by atoms with E-state index in [0.29, 0.717) is 19.4 Å². The molecule has 3 rings (SSSR count). The average Bonchev–Trinajstić information content (AvgIpc) is 2.86. The van der Waals surface area contributed by atoms with Gasteiger partial charge in [-0.1, -0.05) is 18.2 Å². The Morgan fingerprint density at radius 1 is 1.39 bits per heavy atom. The molecule has 2 unspecified atom stereocenters. The van der Waals surface area contributed by atoms with Gasteiger partial charge in [-0.2, -0.15) is 5.26 Å². The van der Waals surface area contributed by atoms with Crippen LogP contribution in [-0.4, -0.2) is 30.4 Å². The lowest BCUT2D eigenvalue weighted by Crippen LogP contribution is -2.55. The normalized spacial score (nSPS) is 34.4. The number of aliphatic hydroxyl groups is 1. The monoisotopic (exact) mass is 244 g/mol. The molecule has 2 aliphatic heterocycles. The number of β-amino-alcohol motifs (C(OH)–C–C–N with tert-alkyl or cyclic N) is 1. The topological polar surface area (TPSA) is 65.3 Å². The molecule has 94 valence electrons. The summed E-state index contributed by atoms with van der Waals surface area (Å²) in [7, 11) is 0. The Morgan fingerprint density at radius 2 is 2.22 bits per heavy atom. The minimum atomic E-state index is -0.991. The summed E-state index contributed by atoms with van der Waals surface area (Å²) in [5.74, 6) is 0.831. The summed E-state index contributed by atoms with van der Waals surface area (Å²) in [4.78, 5) is 0. The second kappa shape index (κ2) is 3.98. The fourth-order valence-corrected chi connectivity index (χ4v) is 2.93. The molecule has 1 aromatic carbocycles. The van der Waals surface area contributed by atoms with Gasteiger partial charge in [0.2, 0.25) is 0 Å². The lowest BCUT2D eigenvalue weighted by molar-refractivity contribution is -0.0650. The van der Waals surface area contributed by atoms with Crippen molar-refractivity contribution in [3.63, 3.8) is 0 Å². The van der Waals surface area contributed by atoms with Crippen LogP contribution in [0.3, 0.4) is 0 Å². The first-order valence-corrected chi connectivity index (χ1v) is 6.24. The Hall–Kier alpha value is -1.57. The standard InChI is InChI=1S/C14H16N2O2/c15-8-13(14(17)5-6-16-9-14)7-11-3-1-2-4-12(11)18-10-13/h1-4,16-17H,5-7,9-10H2. The highest BCUT2D eigenvalue weighted by Crippen LogP contribution is 2.43. The van der Waals surface area contributed by atoms with Crippen LogP contribution in [0.4, 0.5) is 0 Å². The van der Waals surface area contributed by atoms with E-state index in [-0.39, 0.29) is 6.61 Å². The Morgan fingerprint density at radius 3 is 2.94 bits per heavy atom. The molecule has 0 aliphatic carbocycles. The number of rotatable bonds is 1. The second-order valence-electron chi connectivity index (χ2n) is 5.23. The molecule has 1 fully saturated rings. The number of fused-ring (bicyclic) bond motifs is 1. The molecule has 0 amide bonds. The fraction of sp³-hybridized carbons (Fsp3) is 0.500. The maximum atomic E-state index is 10.7. The Kier molecular flexibility index (Phi) is 2.54.